The van der Waals surface area contributed by atoms with Crippen LogP contribution in [0.4, 0.5) is 0 Å². The molecule has 1 aliphatic heterocycles. The van der Waals surface area contributed by atoms with Crippen molar-refractivity contribution in [2.24, 2.45) is 5.92 Å². The Kier molecular flexibility index (Phi) is 4.78. The molecule has 0 aromatic carbocycles. The number of rotatable bonds is 5. The first-order valence-electron chi connectivity index (χ1n) is 6.53. The number of hydrogen-bond acceptors (Lipinski definition) is 4. The lowest BCUT2D eigenvalue weighted by atomic mass is 9.93. The van der Waals surface area contributed by atoms with E-state index in [1.54, 1.807) is 12.4 Å². The summed E-state index contributed by atoms with van der Waals surface area (Å²) in [4.78, 5) is 23.1. The highest BCUT2D eigenvalue weighted by atomic mass is 16.2. The Morgan fingerprint density at radius 3 is 2.95 bits per heavy atom. The molecular weight excluding hydrogens is 242 g/mol. The molecule has 1 amide bonds. The molecule has 2 rings (SSSR count). The van der Waals surface area contributed by atoms with Crippen LogP contribution in [-0.4, -0.2) is 30.8 Å². The minimum Gasteiger partial charge on any atom is -0.387 e. The zero-order valence-electron chi connectivity index (χ0n) is 10.7. The average Bonchev–Trinajstić information content (AvgIpc) is 2.48. The number of hydrogen-bond donors (Lipinski definition) is 3. The quantitative estimate of drug-likeness (QED) is 0.619. The van der Waals surface area contributed by atoms with E-state index in [0.717, 1.165) is 12.7 Å². The van der Waals surface area contributed by atoms with E-state index in [1.165, 1.54) is 0 Å². The number of allylic oxidation sites excluding steroid dienone is 4. The van der Waals surface area contributed by atoms with Crippen LogP contribution in [0.2, 0.25) is 0 Å². The van der Waals surface area contributed by atoms with Gasteiger partial charge in [0.25, 0.3) is 0 Å². The van der Waals surface area contributed by atoms with Gasteiger partial charge in [-0.2, -0.15) is 0 Å². The third-order valence-electron chi connectivity index (χ3n) is 3.25. The molecule has 2 aliphatic rings. The summed E-state index contributed by atoms with van der Waals surface area (Å²) >= 11 is 0. The summed E-state index contributed by atoms with van der Waals surface area (Å²) < 4.78 is 0. The largest absolute Gasteiger partial charge is 0.387 e. The Balaban J connectivity index is 1.82. The molecule has 0 aromatic rings. The number of nitrogens with one attached hydrogen (secondary N) is 3. The molecule has 0 fully saturated rings. The molecule has 3 atom stereocenters. The van der Waals surface area contributed by atoms with Crippen LogP contribution >= 0.6 is 0 Å². The lowest BCUT2D eigenvalue weighted by Crippen LogP contribution is -2.52. The zero-order chi connectivity index (χ0) is 13.5. The normalized spacial score (nSPS) is 26.1. The van der Waals surface area contributed by atoms with Crippen LogP contribution in [0.25, 0.3) is 0 Å². The first kappa shape index (κ1) is 13.4. The first-order valence-corrected chi connectivity index (χ1v) is 6.53. The van der Waals surface area contributed by atoms with E-state index in [2.05, 4.69) is 28.1 Å². The van der Waals surface area contributed by atoms with Gasteiger partial charge in [0, 0.05) is 18.9 Å². The molecule has 0 bridgehead atoms. The van der Waals surface area contributed by atoms with Crippen LogP contribution in [0.5, 0.6) is 0 Å². The molecule has 5 heteroatoms. The van der Waals surface area contributed by atoms with Gasteiger partial charge < -0.3 is 20.7 Å². The summed E-state index contributed by atoms with van der Waals surface area (Å²) in [6.07, 6.45) is 13.9. The fraction of sp³-hybridized carbons (Fsp3) is 0.429. The minimum absolute atomic E-state index is 0.149. The molecule has 0 aromatic heterocycles. The highest BCUT2D eigenvalue weighted by Gasteiger charge is 2.22. The molecule has 5 nitrogen and oxygen atoms in total. The van der Waals surface area contributed by atoms with Gasteiger partial charge in [0.15, 0.2) is 0 Å². The van der Waals surface area contributed by atoms with Crippen LogP contribution in [-0.2, 0) is 9.59 Å². The van der Waals surface area contributed by atoms with E-state index in [-0.39, 0.29) is 11.9 Å². The molecule has 0 saturated heterocycles. The molecule has 1 unspecified atom stereocenters. The Bertz CT molecular complexity index is 415. The summed E-state index contributed by atoms with van der Waals surface area (Å²) in [7, 11) is 0. The molecular formula is C14H19N3O2. The van der Waals surface area contributed by atoms with Crippen LogP contribution in [0.15, 0.2) is 36.7 Å². The zero-order valence-corrected chi connectivity index (χ0v) is 10.7. The molecule has 0 radical (unpaired) electrons. The molecule has 1 aliphatic carbocycles. The summed E-state index contributed by atoms with van der Waals surface area (Å²) in [5.74, 6) is 0.169. The third-order valence-corrected chi connectivity index (χ3v) is 3.25. The number of amides is 1. The molecule has 1 heterocycles. The van der Waals surface area contributed by atoms with Gasteiger partial charge in [0.05, 0.1) is 6.04 Å². The Morgan fingerprint density at radius 1 is 1.42 bits per heavy atom. The van der Waals surface area contributed by atoms with E-state index < -0.39 is 6.04 Å². The van der Waals surface area contributed by atoms with Gasteiger partial charge in [-0.3, -0.25) is 4.79 Å². The van der Waals surface area contributed by atoms with Crippen molar-refractivity contribution in [3.8, 4) is 0 Å². The average molecular weight is 261 g/mol. The van der Waals surface area contributed by atoms with E-state index in [1.807, 2.05) is 12.2 Å². The minimum atomic E-state index is -0.429. The van der Waals surface area contributed by atoms with Gasteiger partial charge in [-0.15, -0.1) is 0 Å². The van der Waals surface area contributed by atoms with Crippen molar-refractivity contribution in [3.05, 3.63) is 36.7 Å². The van der Waals surface area contributed by atoms with Crippen molar-refractivity contribution < 1.29 is 9.59 Å². The van der Waals surface area contributed by atoms with Gasteiger partial charge in [-0.25, -0.2) is 0 Å². The Morgan fingerprint density at radius 2 is 2.32 bits per heavy atom. The fourth-order valence-corrected chi connectivity index (χ4v) is 2.20. The second-order valence-electron chi connectivity index (χ2n) is 4.76. The topological polar surface area (TPSA) is 70.2 Å². The Hall–Kier alpha value is -2.04. The smallest absolute Gasteiger partial charge is 0.244 e. The van der Waals surface area contributed by atoms with Gasteiger partial charge in [0.2, 0.25) is 5.91 Å². The third kappa shape index (κ3) is 3.98. The van der Waals surface area contributed by atoms with Gasteiger partial charge >= 0.3 is 0 Å². The number of carbonyl (C=O) groups excluding carboxylic acids is 2. The molecule has 102 valence electrons. The first-order chi connectivity index (χ1) is 9.29. The second-order valence-corrected chi connectivity index (χ2v) is 4.76. The van der Waals surface area contributed by atoms with Gasteiger partial charge in [0.1, 0.15) is 12.3 Å². The predicted octanol–water partition coefficient (Wildman–Crippen LogP) is 0.225. The van der Waals surface area contributed by atoms with Crippen LogP contribution < -0.4 is 16.0 Å². The maximum absolute atomic E-state index is 12.0. The number of carbonyl (C=O) groups is 2. The monoisotopic (exact) mass is 261 g/mol. The van der Waals surface area contributed by atoms with E-state index in [9.17, 15) is 9.59 Å². The lowest BCUT2D eigenvalue weighted by Gasteiger charge is -2.24. The van der Waals surface area contributed by atoms with Crippen molar-refractivity contribution >= 4 is 12.2 Å². The van der Waals surface area contributed by atoms with Crippen LogP contribution in [0.3, 0.4) is 0 Å². The van der Waals surface area contributed by atoms with Crippen molar-refractivity contribution in [2.45, 2.75) is 24.9 Å². The fourth-order valence-electron chi connectivity index (χ4n) is 2.20. The lowest BCUT2D eigenvalue weighted by molar-refractivity contribution is -0.125. The summed E-state index contributed by atoms with van der Waals surface area (Å²) in [6, 6.07) is -0.754. The van der Waals surface area contributed by atoms with Crippen molar-refractivity contribution in [1.29, 1.82) is 0 Å². The second kappa shape index (κ2) is 6.78. The standard InChI is InChI=1S/C14H19N3O2/c18-10-12(8-11-4-2-1-3-5-11)17-14(19)13-9-15-6-7-16-13/h1-4,6-7,10-13,15-16H,5,8-9H2,(H,17,19)/t11?,12-,13+/m0/s1. The maximum atomic E-state index is 12.0. The van der Waals surface area contributed by atoms with E-state index >= 15 is 0 Å². The summed E-state index contributed by atoms with van der Waals surface area (Å²) in [5.41, 5.74) is 0. The SMILES string of the molecule is O=C[C@H](CC1C=CC=CC1)NC(=O)[C@H]1CNC=CN1. The van der Waals surface area contributed by atoms with Crippen LogP contribution in [0.1, 0.15) is 12.8 Å². The van der Waals surface area contributed by atoms with Crippen molar-refractivity contribution in [1.82, 2.24) is 16.0 Å². The Labute approximate surface area is 112 Å². The van der Waals surface area contributed by atoms with Crippen molar-refractivity contribution in [2.75, 3.05) is 6.54 Å². The van der Waals surface area contributed by atoms with E-state index in [0.29, 0.717) is 18.9 Å². The van der Waals surface area contributed by atoms with E-state index in [4.69, 9.17) is 0 Å². The maximum Gasteiger partial charge on any atom is 0.244 e. The highest BCUT2D eigenvalue weighted by Crippen LogP contribution is 2.16. The molecule has 0 saturated carbocycles. The summed E-state index contributed by atoms with van der Waals surface area (Å²) in [6.45, 7) is 0.528. The van der Waals surface area contributed by atoms with Crippen LogP contribution in [0, 0.1) is 5.92 Å². The van der Waals surface area contributed by atoms with Crippen molar-refractivity contribution in [3.63, 3.8) is 0 Å². The van der Waals surface area contributed by atoms with Gasteiger partial charge in [-0.1, -0.05) is 24.3 Å². The molecule has 19 heavy (non-hydrogen) atoms. The van der Waals surface area contributed by atoms with Gasteiger partial charge in [-0.05, 0) is 18.8 Å². The number of aldehydes is 1. The predicted molar refractivity (Wildman–Crippen MR) is 73.1 cm³/mol. The molecule has 3 N–H and O–H groups in total. The highest BCUT2D eigenvalue weighted by molar-refractivity contribution is 5.85. The molecule has 0 spiro atoms. The summed E-state index contributed by atoms with van der Waals surface area (Å²) in [5, 5.41) is 8.71.